The van der Waals surface area contributed by atoms with E-state index >= 15 is 0 Å². The molecular weight excluding hydrogens is 298 g/mol. The highest BCUT2D eigenvalue weighted by molar-refractivity contribution is 7.93. The summed E-state index contributed by atoms with van der Waals surface area (Å²) in [6, 6.07) is 8.19. The van der Waals surface area contributed by atoms with Crippen molar-refractivity contribution in [3.8, 4) is 0 Å². The van der Waals surface area contributed by atoms with Crippen molar-refractivity contribution in [2.75, 3.05) is 6.54 Å². The topological polar surface area (TPSA) is 63.2 Å². The molecule has 1 aliphatic carbocycles. The van der Waals surface area contributed by atoms with E-state index in [9.17, 15) is 13.2 Å². The molecule has 22 heavy (non-hydrogen) atoms. The molecule has 0 saturated heterocycles. The Bertz CT molecular complexity index is 660. The molecule has 4 nitrogen and oxygen atoms in total. The van der Waals surface area contributed by atoms with Gasteiger partial charge in [0.2, 0.25) is 5.91 Å². The van der Waals surface area contributed by atoms with E-state index in [1.165, 1.54) is 18.1 Å². The first-order valence-electron chi connectivity index (χ1n) is 7.77. The molecule has 1 atom stereocenters. The van der Waals surface area contributed by atoms with Gasteiger partial charge in [-0.05, 0) is 51.7 Å². The third kappa shape index (κ3) is 3.19. The summed E-state index contributed by atoms with van der Waals surface area (Å²) < 4.78 is 24.2. The van der Waals surface area contributed by atoms with Crippen LogP contribution < -0.4 is 5.32 Å². The first-order chi connectivity index (χ1) is 10.2. The van der Waals surface area contributed by atoms with Crippen LogP contribution in [0.15, 0.2) is 24.3 Å². The summed E-state index contributed by atoms with van der Waals surface area (Å²) in [5, 5.41) is 1.31. The molecule has 0 heterocycles. The van der Waals surface area contributed by atoms with E-state index in [1.54, 1.807) is 13.8 Å². The highest BCUT2D eigenvalue weighted by atomic mass is 32.2. The van der Waals surface area contributed by atoms with E-state index in [2.05, 4.69) is 24.4 Å². The zero-order valence-electron chi connectivity index (χ0n) is 13.7. The second kappa shape index (κ2) is 6.03. The Morgan fingerprint density at radius 3 is 2.32 bits per heavy atom. The lowest BCUT2D eigenvalue weighted by atomic mass is 9.92. The number of amides is 1. The quantitative estimate of drug-likeness (QED) is 0.874. The van der Waals surface area contributed by atoms with Crippen molar-refractivity contribution in [3.63, 3.8) is 0 Å². The van der Waals surface area contributed by atoms with E-state index in [-0.39, 0.29) is 5.41 Å². The molecule has 0 spiro atoms. The minimum absolute atomic E-state index is 0.0116. The van der Waals surface area contributed by atoms with Gasteiger partial charge in [0, 0.05) is 12.0 Å². The van der Waals surface area contributed by atoms with E-state index in [1.807, 2.05) is 12.1 Å². The van der Waals surface area contributed by atoms with Crippen LogP contribution in [0.2, 0.25) is 0 Å². The third-order valence-corrected chi connectivity index (χ3v) is 7.20. The SMILES string of the molecule is Cc1ccccc1C1(CNC(=O)[C@@H](C)S(=O)(=O)C(C)C)CC1. The molecule has 1 aromatic carbocycles. The van der Waals surface area contributed by atoms with Gasteiger partial charge < -0.3 is 5.32 Å². The monoisotopic (exact) mass is 323 g/mol. The number of rotatable bonds is 6. The van der Waals surface area contributed by atoms with Crippen molar-refractivity contribution < 1.29 is 13.2 Å². The number of carbonyl (C=O) groups excluding carboxylic acids is 1. The predicted molar refractivity (Wildman–Crippen MR) is 88.6 cm³/mol. The Balaban J connectivity index is 2.05. The van der Waals surface area contributed by atoms with Crippen molar-refractivity contribution in [1.29, 1.82) is 0 Å². The minimum Gasteiger partial charge on any atom is -0.354 e. The van der Waals surface area contributed by atoms with E-state index < -0.39 is 26.2 Å². The van der Waals surface area contributed by atoms with Crippen molar-refractivity contribution in [3.05, 3.63) is 35.4 Å². The Hall–Kier alpha value is -1.36. The number of carbonyl (C=O) groups is 1. The van der Waals surface area contributed by atoms with Gasteiger partial charge in [-0.2, -0.15) is 0 Å². The van der Waals surface area contributed by atoms with Crippen molar-refractivity contribution in [1.82, 2.24) is 5.32 Å². The Kier molecular flexibility index (Phi) is 4.66. The average Bonchev–Trinajstić information content (AvgIpc) is 3.25. The molecule has 1 fully saturated rings. The fourth-order valence-electron chi connectivity index (χ4n) is 2.82. The van der Waals surface area contributed by atoms with Gasteiger partial charge in [-0.25, -0.2) is 8.42 Å². The summed E-state index contributed by atoms with van der Waals surface area (Å²) in [5.74, 6) is -0.395. The first-order valence-corrected chi connectivity index (χ1v) is 9.38. The molecule has 122 valence electrons. The summed E-state index contributed by atoms with van der Waals surface area (Å²) in [7, 11) is -3.41. The molecule has 0 radical (unpaired) electrons. The van der Waals surface area contributed by atoms with Gasteiger partial charge in [-0.3, -0.25) is 4.79 Å². The Morgan fingerprint density at radius 1 is 1.23 bits per heavy atom. The molecule has 1 aromatic rings. The summed E-state index contributed by atoms with van der Waals surface area (Å²) in [4.78, 5) is 12.2. The normalized spacial score (nSPS) is 18.0. The third-order valence-electron chi connectivity index (χ3n) is 4.69. The van der Waals surface area contributed by atoms with Gasteiger partial charge in [0.15, 0.2) is 9.84 Å². The first kappa shape index (κ1) is 17.0. The number of hydrogen-bond acceptors (Lipinski definition) is 3. The highest BCUT2D eigenvalue weighted by Crippen LogP contribution is 2.48. The van der Waals surface area contributed by atoms with E-state index in [0.29, 0.717) is 6.54 Å². The lowest BCUT2D eigenvalue weighted by Crippen LogP contribution is -2.43. The lowest BCUT2D eigenvalue weighted by molar-refractivity contribution is -0.120. The molecule has 2 rings (SSSR count). The number of aryl methyl sites for hydroxylation is 1. The smallest absolute Gasteiger partial charge is 0.238 e. The zero-order chi connectivity index (χ0) is 16.5. The van der Waals surface area contributed by atoms with Gasteiger partial charge in [0.05, 0.1) is 5.25 Å². The van der Waals surface area contributed by atoms with Gasteiger partial charge in [0.25, 0.3) is 0 Å². The van der Waals surface area contributed by atoms with Crippen LogP contribution in [-0.4, -0.2) is 31.4 Å². The van der Waals surface area contributed by atoms with Crippen LogP contribution in [-0.2, 0) is 20.0 Å². The molecule has 0 bridgehead atoms. The predicted octanol–water partition coefficient (Wildman–Crippen LogP) is 2.35. The minimum atomic E-state index is -3.41. The molecule has 1 saturated carbocycles. The molecule has 0 aliphatic heterocycles. The second-order valence-electron chi connectivity index (χ2n) is 6.59. The largest absolute Gasteiger partial charge is 0.354 e. The summed E-state index contributed by atoms with van der Waals surface area (Å²) in [6.45, 7) is 7.26. The van der Waals surface area contributed by atoms with Gasteiger partial charge >= 0.3 is 0 Å². The summed E-state index contributed by atoms with van der Waals surface area (Å²) >= 11 is 0. The van der Waals surface area contributed by atoms with E-state index in [4.69, 9.17) is 0 Å². The average molecular weight is 323 g/mol. The fraction of sp³-hybridized carbons (Fsp3) is 0.588. The molecule has 1 N–H and O–H groups in total. The van der Waals surface area contributed by atoms with E-state index in [0.717, 1.165) is 12.8 Å². The molecule has 5 heteroatoms. The molecule has 0 aromatic heterocycles. The summed E-state index contributed by atoms with van der Waals surface area (Å²) in [6.07, 6.45) is 2.06. The number of hydrogen-bond donors (Lipinski definition) is 1. The van der Waals surface area contributed by atoms with Gasteiger partial charge in [0.1, 0.15) is 5.25 Å². The maximum Gasteiger partial charge on any atom is 0.238 e. The molecule has 0 unspecified atom stereocenters. The Labute approximate surface area is 133 Å². The van der Waals surface area contributed by atoms with Crippen LogP contribution in [0.4, 0.5) is 0 Å². The van der Waals surface area contributed by atoms with Crippen LogP contribution in [0.1, 0.15) is 44.7 Å². The van der Waals surface area contributed by atoms with Crippen LogP contribution in [0, 0.1) is 6.92 Å². The molecule has 1 amide bonds. The Morgan fingerprint density at radius 2 is 1.82 bits per heavy atom. The summed E-state index contributed by atoms with van der Waals surface area (Å²) in [5.41, 5.74) is 2.47. The number of nitrogens with one attached hydrogen (secondary N) is 1. The maximum atomic E-state index is 12.2. The maximum absolute atomic E-state index is 12.2. The van der Waals surface area contributed by atoms with Crippen LogP contribution in [0.25, 0.3) is 0 Å². The van der Waals surface area contributed by atoms with Crippen molar-refractivity contribution in [2.45, 2.75) is 56.5 Å². The van der Waals surface area contributed by atoms with Crippen LogP contribution in [0.5, 0.6) is 0 Å². The van der Waals surface area contributed by atoms with Crippen molar-refractivity contribution in [2.24, 2.45) is 0 Å². The number of sulfone groups is 1. The van der Waals surface area contributed by atoms with Crippen molar-refractivity contribution >= 4 is 15.7 Å². The fourth-order valence-corrected chi connectivity index (χ4v) is 4.02. The van der Waals surface area contributed by atoms with Crippen LogP contribution >= 0.6 is 0 Å². The highest BCUT2D eigenvalue weighted by Gasteiger charge is 2.45. The number of benzene rings is 1. The standard InChI is InChI=1S/C17H25NO3S/c1-12(2)22(20,21)14(4)16(19)18-11-17(9-10-17)15-8-6-5-7-13(15)3/h5-8,12,14H,9-11H2,1-4H3,(H,18,19)/t14-/m1/s1. The second-order valence-corrected chi connectivity index (χ2v) is 9.42. The van der Waals surface area contributed by atoms with Crippen LogP contribution in [0.3, 0.4) is 0 Å². The van der Waals surface area contributed by atoms with Gasteiger partial charge in [-0.1, -0.05) is 24.3 Å². The molecular formula is C17H25NO3S. The lowest BCUT2D eigenvalue weighted by Gasteiger charge is -2.21. The zero-order valence-corrected chi connectivity index (χ0v) is 14.5. The van der Waals surface area contributed by atoms with Gasteiger partial charge in [-0.15, -0.1) is 0 Å². The molecule has 1 aliphatic rings.